The molecular weight excluding hydrogens is 264 g/mol. The van der Waals surface area contributed by atoms with E-state index in [0.717, 1.165) is 38.0 Å². The number of amides is 1. The first-order valence-electron chi connectivity index (χ1n) is 7.98. The molecule has 0 aliphatic carbocycles. The van der Waals surface area contributed by atoms with Crippen LogP contribution in [0, 0.1) is 0 Å². The molecule has 4 heteroatoms. The summed E-state index contributed by atoms with van der Waals surface area (Å²) in [5.74, 6) is 0. The molecule has 0 aromatic heterocycles. The van der Waals surface area contributed by atoms with Gasteiger partial charge in [-0.3, -0.25) is 0 Å². The number of benzene rings is 1. The molecule has 0 atom stereocenters. The maximum absolute atomic E-state index is 12.1. The summed E-state index contributed by atoms with van der Waals surface area (Å²) in [4.78, 5) is 14.0. The van der Waals surface area contributed by atoms with E-state index in [0.29, 0.717) is 6.61 Å². The third-order valence-electron chi connectivity index (χ3n) is 4.77. The van der Waals surface area contributed by atoms with E-state index in [1.807, 2.05) is 35.2 Å². The topological polar surface area (TPSA) is 41.6 Å². The van der Waals surface area contributed by atoms with Crippen LogP contribution < -0.4 is 5.32 Å². The second-order valence-corrected chi connectivity index (χ2v) is 6.19. The predicted molar refractivity (Wildman–Crippen MR) is 82.0 cm³/mol. The molecule has 1 aromatic rings. The number of likely N-dealkylation sites (tertiary alicyclic amines) is 1. The van der Waals surface area contributed by atoms with Gasteiger partial charge in [0.1, 0.15) is 6.61 Å². The quantitative estimate of drug-likeness (QED) is 0.909. The number of nitrogens with one attached hydrogen (secondary N) is 1. The van der Waals surface area contributed by atoms with Crippen LogP contribution in [-0.4, -0.2) is 36.2 Å². The minimum atomic E-state index is -0.176. The van der Waals surface area contributed by atoms with Gasteiger partial charge in [0.05, 0.1) is 0 Å². The van der Waals surface area contributed by atoms with Crippen LogP contribution in [0.5, 0.6) is 0 Å². The van der Waals surface area contributed by atoms with Gasteiger partial charge in [0.25, 0.3) is 0 Å². The Labute approximate surface area is 126 Å². The fraction of sp³-hybridized carbons (Fsp3) is 0.588. The van der Waals surface area contributed by atoms with Crippen molar-refractivity contribution in [3.8, 4) is 0 Å². The van der Waals surface area contributed by atoms with E-state index in [4.69, 9.17) is 4.74 Å². The van der Waals surface area contributed by atoms with Gasteiger partial charge < -0.3 is 15.0 Å². The Morgan fingerprint density at radius 3 is 2.57 bits per heavy atom. The first-order valence-corrected chi connectivity index (χ1v) is 7.98. The maximum atomic E-state index is 12.1. The van der Waals surface area contributed by atoms with E-state index >= 15 is 0 Å². The number of piperidine rings is 2. The lowest BCUT2D eigenvalue weighted by Crippen LogP contribution is -2.56. The number of nitrogens with zero attached hydrogens (tertiary/aromatic N) is 1. The highest BCUT2D eigenvalue weighted by molar-refractivity contribution is 5.67. The van der Waals surface area contributed by atoms with Crippen molar-refractivity contribution in [3.05, 3.63) is 35.9 Å². The van der Waals surface area contributed by atoms with Crippen LogP contribution >= 0.6 is 0 Å². The fourth-order valence-electron chi connectivity index (χ4n) is 3.39. The molecule has 2 aliphatic heterocycles. The SMILES string of the molecule is O=C(OCc1ccccc1)N1CCC2(CCCCN2)CC1. The summed E-state index contributed by atoms with van der Waals surface area (Å²) in [6.45, 7) is 3.10. The third kappa shape index (κ3) is 3.56. The molecule has 2 fully saturated rings. The highest BCUT2D eigenvalue weighted by Gasteiger charge is 2.36. The second kappa shape index (κ2) is 6.48. The van der Waals surface area contributed by atoms with Gasteiger partial charge in [-0.1, -0.05) is 36.8 Å². The molecule has 4 nitrogen and oxygen atoms in total. The Bertz CT molecular complexity index is 459. The van der Waals surface area contributed by atoms with Crippen molar-refractivity contribution in [2.24, 2.45) is 0 Å². The zero-order valence-electron chi connectivity index (χ0n) is 12.5. The predicted octanol–water partition coefficient (Wildman–Crippen LogP) is 2.93. The monoisotopic (exact) mass is 288 g/mol. The molecule has 0 saturated carbocycles. The van der Waals surface area contributed by atoms with E-state index in [1.165, 1.54) is 19.3 Å². The number of carbonyl (C=O) groups excluding carboxylic acids is 1. The fourth-order valence-corrected chi connectivity index (χ4v) is 3.39. The van der Waals surface area contributed by atoms with Crippen molar-refractivity contribution in [3.63, 3.8) is 0 Å². The Morgan fingerprint density at radius 1 is 1.14 bits per heavy atom. The van der Waals surface area contributed by atoms with Crippen LogP contribution in [0.15, 0.2) is 30.3 Å². The molecule has 1 amide bonds. The van der Waals surface area contributed by atoms with Gasteiger partial charge >= 0.3 is 6.09 Å². The standard InChI is InChI=1S/C17H24N2O2/c20-16(21-14-15-6-2-1-3-7-15)19-12-9-17(10-13-19)8-4-5-11-18-17/h1-3,6-7,18H,4-5,8-14H2. The number of hydrogen-bond donors (Lipinski definition) is 1. The molecule has 0 unspecified atom stereocenters. The number of carbonyl (C=O) groups is 1. The van der Waals surface area contributed by atoms with E-state index < -0.39 is 0 Å². The minimum absolute atomic E-state index is 0.176. The van der Waals surface area contributed by atoms with Gasteiger partial charge in [0.2, 0.25) is 0 Å². The Balaban J connectivity index is 1.46. The highest BCUT2D eigenvalue weighted by Crippen LogP contribution is 2.30. The summed E-state index contributed by atoms with van der Waals surface area (Å²) in [6, 6.07) is 9.84. The van der Waals surface area contributed by atoms with Gasteiger partial charge in [0.15, 0.2) is 0 Å². The maximum Gasteiger partial charge on any atom is 0.410 e. The van der Waals surface area contributed by atoms with Crippen molar-refractivity contribution in [2.45, 2.75) is 44.2 Å². The van der Waals surface area contributed by atoms with Crippen molar-refractivity contribution < 1.29 is 9.53 Å². The zero-order chi connectivity index (χ0) is 14.5. The van der Waals surface area contributed by atoms with Crippen LogP contribution in [-0.2, 0) is 11.3 Å². The van der Waals surface area contributed by atoms with Crippen LogP contribution in [0.25, 0.3) is 0 Å². The van der Waals surface area contributed by atoms with E-state index in [-0.39, 0.29) is 11.6 Å². The van der Waals surface area contributed by atoms with E-state index in [2.05, 4.69) is 5.32 Å². The lowest BCUT2D eigenvalue weighted by molar-refractivity contribution is 0.0663. The number of rotatable bonds is 2. The van der Waals surface area contributed by atoms with Crippen LogP contribution in [0.3, 0.4) is 0 Å². The first-order chi connectivity index (χ1) is 10.3. The smallest absolute Gasteiger partial charge is 0.410 e. The highest BCUT2D eigenvalue weighted by atomic mass is 16.6. The summed E-state index contributed by atoms with van der Waals surface area (Å²) in [6.07, 6.45) is 5.76. The molecule has 1 aromatic carbocycles. The summed E-state index contributed by atoms with van der Waals surface area (Å²) in [5.41, 5.74) is 1.32. The molecule has 0 bridgehead atoms. The molecular formula is C17H24N2O2. The van der Waals surface area contributed by atoms with Crippen molar-refractivity contribution >= 4 is 6.09 Å². The summed E-state index contributed by atoms with van der Waals surface area (Å²) in [7, 11) is 0. The van der Waals surface area contributed by atoms with Crippen molar-refractivity contribution in [1.29, 1.82) is 0 Å². The van der Waals surface area contributed by atoms with Gasteiger partial charge in [0, 0.05) is 18.6 Å². The summed E-state index contributed by atoms with van der Waals surface area (Å²) in [5, 5.41) is 3.67. The van der Waals surface area contributed by atoms with Gasteiger partial charge in [-0.05, 0) is 37.8 Å². The summed E-state index contributed by atoms with van der Waals surface area (Å²) >= 11 is 0. The average molecular weight is 288 g/mol. The zero-order valence-corrected chi connectivity index (χ0v) is 12.5. The Hall–Kier alpha value is -1.55. The third-order valence-corrected chi connectivity index (χ3v) is 4.77. The van der Waals surface area contributed by atoms with E-state index in [9.17, 15) is 4.79 Å². The minimum Gasteiger partial charge on any atom is -0.445 e. The molecule has 21 heavy (non-hydrogen) atoms. The van der Waals surface area contributed by atoms with Crippen LogP contribution in [0.1, 0.15) is 37.7 Å². The molecule has 114 valence electrons. The lowest BCUT2D eigenvalue weighted by atomic mass is 9.80. The molecule has 2 aliphatic rings. The molecule has 0 radical (unpaired) electrons. The first kappa shape index (κ1) is 14.4. The van der Waals surface area contributed by atoms with Crippen LogP contribution in [0.4, 0.5) is 4.79 Å². The number of hydrogen-bond acceptors (Lipinski definition) is 3. The molecule has 3 rings (SSSR count). The van der Waals surface area contributed by atoms with Crippen molar-refractivity contribution in [1.82, 2.24) is 10.2 Å². The second-order valence-electron chi connectivity index (χ2n) is 6.19. The largest absolute Gasteiger partial charge is 0.445 e. The molecule has 2 saturated heterocycles. The number of ether oxygens (including phenoxy) is 1. The Kier molecular flexibility index (Phi) is 4.44. The Morgan fingerprint density at radius 2 is 1.90 bits per heavy atom. The van der Waals surface area contributed by atoms with Crippen LogP contribution in [0.2, 0.25) is 0 Å². The molecule has 2 heterocycles. The molecule has 1 spiro atoms. The normalized spacial score (nSPS) is 21.2. The summed E-state index contributed by atoms with van der Waals surface area (Å²) < 4.78 is 5.41. The average Bonchev–Trinajstić information content (AvgIpc) is 2.55. The van der Waals surface area contributed by atoms with Gasteiger partial charge in [-0.15, -0.1) is 0 Å². The van der Waals surface area contributed by atoms with Gasteiger partial charge in [-0.2, -0.15) is 0 Å². The lowest BCUT2D eigenvalue weighted by Gasteiger charge is -2.44. The van der Waals surface area contributed by atoms with Crippen molar-refractivity contribution in [2.75, 3.05) is 19.6 Å². The molecule has 1 N–H and O–H groups in total. The van der Waals surface area contributed by atoms with E-state index in [1.54, 1.807) is 0 Å². The van der Waals surface area contributed by atoms with Gasteiger partial charge in [-0.25, -0.2) is 4.79 Å².